The molecule has 2 aliphatic carbocycles. The number of likely N-dealkylation sites (tertiary alicyclic amines) is 1. The minimum absolute atomic E-state index is 0.362. The van der Waals surface area contributed by atoms with E-state index in [9.17, 15) is 0 Å². The van der Waals surface area contributed by atoms with Gasteiger partial charge >= 0.3 is 0 Å². The van der Waals surface area contributed by atoms with Crippen LogP contribution in [0.3, 0.4) is 0 Å². The lowest BCUT2D eigenvalue weighted by molar-refractivity contribution is 0.300. The zero-order chi connectivity index (χ0) is 12.2. The van der Waals surface area contributed by atoms with E-state index < -0.39 is 0 Å². The van der Waals surface area contributed by atoms with E-state index in [2.05, 4.69) is 47.2 Å². The van der Waals surface area contributed by atoms with Crippen LogP contribution in [0.4, 0.5) is 0 Å². The Balaban J connectivity index is 1.66. The van der Waals surface area contributed by atoms with Crippen LogP contribution in [-0.4, -0.2) is 36.8 Å². The van der Waals surface area contributed by atoms with Gasteiger partial charge in [0.05, 0.1) is 6.04 Å². The molecule has 94 valence electrons. The standard InChI is InChI=1S/C16H20N2/c1-2-18-10-12-9-16(12,11-18)14-6-3-7-15-13(14)5-4-8-17-15/h3-8,12-13,15H,2,9-11H2,1H3. The Morgan fingerprint density at radius 1 is 1.39 bits per heavy atom. The quantitative estimate of drug-likeness (QED) is 0.724. The predicted octanol–water partition coefficient (Wildman–Crippen LogP) is 2.45. The van der Waals surface area contributed by atoms with Gasteiger partial charge in [0.15, 0.2) is 0 Å². The molecule has 2 heterocycles. The topological polar surface area (TPSA) is 15.6 Å². The first-order valence-corrected chi connectivity index (χ1v) is 7.15. The molecular formula is C16H20N2. The summed E-state index contributed by atoms with van der Waals surface area (Å²) in [4.78, 5) is 7.22. The fourth-order valence-electron chi connectivity index (χ4n) is 4.14. The molecule has 0 spiro atoms. The Labute approximate surface area is 109 Å². The van der Waals surface area contributed by atoms with E-state index in [1.54, 1.807) is 5.57 Å². The molecule has 1 saturated heterocycles. The van der Waals surface area contributed by atoms with Crippen molar-refractivity contribution in [3.05, 3.63) is 36.0 Å². The molecule has 2 heteroatoms. The van der Waals surface area contributed by atoms with Crippen LogP contribution in [0.1, 0.15) is 13.3 Å². The lowest BCUT2D eigenvalue weighted by Gasteiger charge is -2.32. The summed E-state index contributed by atoms with van der Waals surface area (Å²) in [5.41, 5.74) is 2.16. The lowest BCUT2D eigenvalue weighted by atomic mass is 9.77. The van der Waals surface area contributed by atoms with E-state index in [-0.39, 0.29) is 0 Å². The number of aliphatic imine (C=N–C) groups is 1. The molecule has 0 bridgehead atoms. The zero-order valence-electron chi connectivity index (χ0n) is 10.9. The normalized spacial score (nSPS) is 44.7. The van der Waals surface area contributed by atoms with Crippen LogP contribution < -0.4 is 0 Å². The number of dihydropyridines is 1. The van der Waals surface area contributed by atoms with Crippen molar-refractivity contribution >= 4 is 6.21 Å². The molecule has 0 aromatic rings. The van der Waals surface area contributed by atoms with Gasteiger partial charge in [-0.25, -0.2) is 0 Å². The van der Waals surface area contributed by atoms with Crippen LogP contribution >= 0.6 is 0 Å². The fourth-order valence-corrected chi connectivity index (χ4v) is 4.14. The molecule has 0 aromatic carbocycles. The smallest absolute Gasteiger partial charge is 0.0783 e. The molecule has 4 unspecified atom stereocenters. The van der Waals surface area contributed by atoms with Gasteiger partial charge in [-0.15, -0.1) is 0 Å². The van der Waals surface area contributed by atoms with Gasteiger partial charge in [-0.05, 0) is 25.0 Å². The summed E-state index contributed by atoms with van der Waals surface area (Å²) in [6.07, 6.45) is 14.7. The number of fused-ring (bicyclic) bond motifs is 2. The summed E-state index contributed by atoms with van der Waals surface area (Å²) in [7, 11) is 0. The SMILES string of the molecule is CCN1CC2CC2(C2=CC=CC3N=CC=CC23)C1. The summed E-state index contributed by atoms with van der Waals surface area (Å²) in [5, 5.41) is 0. The molecule has 4 atom stereocenters. The number of rotatable bonds is 2. The Morgan fingerprint density at radius 3 is 3.17 bits per heavy atom. The summed E-state index contributed by atoms with van der Waals surface area (Å²) in [6, 6.07) is 0.362. The van der Waals surface area contributed by atoms with Crippen molar-refractivity contribution in [3.8, 4) is 0 Å². The highest BCUT2D eigenvalue weighted by Crippen LogP contribution is 2.64. The van der Waals surface area contributed by atoms with Gasteiger partial charge in [-0.1, -0.05) is 36.8 Å². The third-order valence-electron chi connectivity index (χ3n) is 5.21. The van der Waals surface area contributed by atoms with Gasteiger partial charge in [0.1, 0.15) is 0 Å². The van der Waals surface area contributed by atoms with Crippen LogP contribution in [0.15, 0.2) is 40.9 Å². The van der Waals surface area contributed by atoms with Gasteiger partial charge in [-0.2, -0.15) is 0 Å². The summed E-state index contributed by atoms with van der Waals surface area (Å²) in [6.45, 7) is 6.06. The monoisotopic (exact) mass is 240 g/mol. The molecule has 0 aromatic heterocycles. The molecule has 0 radical (unpaired) electrons. The van der Waals surface area contributed by atoms with Crippen LogP contribution in [0.5, 0.6) is 0 Å². The van der Waals surface area contributed by atoms with Gasteiger partial charge in [0.2, 0.25) is 0 Å². The van der Waals surface area contributed by atoms with Gasteiger partial charge in [0, 0.05) is 30.6 Å². The van der Waals surface area contributed by atoms with Crippen LogP contribution in [-0.2, 0) is 0 Å². The lowest BCUT2D eigenvalue weighted by Crippen LogP contribution is -2.31. The second kappa shape index (κ2) is 3.67. The Kier molecular flexibility index (Phi) is 2.19. The number of hydrogen-bond donors (Lipinski definition) is 0. The molecule has 2 aliphatic heterocycles. The molecule has 4 rings (SSSR count). The van der Waals surface area contributed by atoms with Crippen molar-refractivity contribution in [2.24, 2.45) is 22.2 Å². The Morgan fingerprint density at radius 2 is 2.33 bits per heavy atom. The minimum atomic E-state index is 0.362. The minimum Gasteiger partial charge on any atom is -0.302 e. The molecule has 18 heavy (non-hydrogen) atoms. The maximum Gasteiger partial charge on any atom is 0.0783 e. The van der Waals surface area contributed by atoms with Gasteiger partial charge in [0.25, 0.3) is 0 Å². The molecule has 2 fully saturated rings. The molecule has 2 nitrogen and oxygen atoms in total. The van der Waals surface area contributed by atoms with E-state index in [0.29, 0.717) is 17.4 Å². The molecule has 4 aliphatic rings. The first-order valence-electron chi connectivity index (χ1n) is 7.15. The molecule has 1 saturated carbocycles. The van der Waals surface area contributed by atoms with Crippen molar-refractivity contribution < 1.29 is 0 Å². The van der Waals surface area contributed by atoms with Crippen molar-refractivity contribution in [2.75, 3.05) is 19.6 Å². The highest BCUT2D eigenvalue weighted by atomic mass is 15.2. The highest BCUT2D eigenvalue weighted by Gasteiger charge is 2.62. The summed E-state index contributed by atoms with van der Waals surface area (Å²) in [5.74, 6) is 1.44. The fraction of sp³-hybridized carbons (Fsp3) is 0.562. The maximum absolute atomic E-state index is 4.61. The van der Waals surface area contributed by atoms with Crippen molar-refractivity contribution in [3.63, 3.8) is 0 Å². The van der Waals surface area contributed by atoms with E-state index in [0.717, 1.165) is 5.92 Å². The van der Waals surface area contributed by atoms with E-state index in [4.69, 9.17) is 0 Å². The number of allylic oxidation sites excluding steroid dienone is 3. The van der Waals surface area contributed by atoms with E-state index in [1.165, 1.54) is 26.1 Å². The zero-order valence-corrected chi connectivity index (χ0v) is 10.9. The first-order chi connectivity index (χ1) is 8.83. The highest BCUT2D eigenvalue weighted by molar-refractivity contribution is 5.73. The van der Waals surface area contributed by atoms with Crippen LogP contribution in [0.2, 0.25) is 0 Å². The van der Waals surface area contributed by atoms with Gasteiger partial charge < -0.3 is 4.90 Å². The second-order valence-electron chi connectivity index (χ2n) is 6.09. The summed E-state index contributed by atoms with van der Waals surface area (Å²) >= 11 is 0. The third-order valence-corrected chi connectivity index (χ3v) is 5.21. The van der Waals surface area contributed by atoms with E-state index >= 15 is 0 Å². The number of nitrogens with zero attached hydrogens (tertiary/aromatic N) is 2. The Hall–Kier alpha value is -1.15. The van der Waals surface area contributed by atoms with Crippen molar-refractivity contribution in [1.29, 1.82) is 0 Å². The third kappa shape index (κ3) is 1.36. The predicted molar refractivity (Wildman–Crippen MR) is 74.8 cm³/mol. The van der Waals surface area contributed by atoms with E-state index in [1.807, 2.05) is 6.21 Å². The molecule has 0 N–H and O–H groups in total. The van der Waals surface area contributed by atoms with Gasteiger partial charge in [-0.3, -0.25) is 4.99 Å². The first kappa shape index (κ1) is 10.7. The van der Waals surface area contributed by atoms with Crippen molar-refractivity contribution in [1.82, 2.24) is 4.90 Å². The van der Waals surface area contributed by atoms with Crippen molar-refractivity contribution in [2.45, 2.75) is 19.4 Å². The summed E-state index contributed by atoms with van der Waals surface area (Å²) < 4.78 is 0. The molecule has 0 amide bonds. The van der Waals surface area contributed by atoms with Crippen LogP contribution in [0, 0.1) is 17.3 Å². The molecular weight excluding hydrogens is 220 g/mol. The second-order valence-corrected chi connectivity index (χ2v) is 6.09. The maximum atomic E-state index is 4.61. The number of piperidine rings is 1. The number of hydrogen-bond acceptors (Lipinski definition) is 2. The van der Waals surface area contributed by atoms with Crippen LogP contribution in [0.25, 0.3) is 0 Å². The largest absolute Gasteiger partial charge is 0.302 e. The Bertz CT molecular complexity index is 485. The average Bonchev–Trinajstić information content (AvgIpc) is 3.00. The average molecular weight is 240 g/mol.